The lowest BCUT2D eigenvalue weighted by Gasteiger charge is -2.34. The second-order valence-electron chi connectivity index (χ2n) is 7.04. The fourth-order valence-electron chi connectivity index (χ4n) is 3.23. The van der Waals surface area contributed by atoms with Crippen molar-refractivity contribution in [3.05, 3.63) is 70.0 Å². The van der Waals surface area contributed by atoms with Gasteiger partial charge < -0.3 is 5.32 Å². The lowest BCUT2D eigenvalue weighted by molar-refractivity contribution is -0.122. The van der Waals surface area contributed by atoms with Gasteiger partial charge in [0, 0.05) is 44.3 Å². The summed E-state index contributed by atoms with van der Waals surface area (Å²) in [5, 5.41) is 3.68. The second-order valence-corrected chi connectivity index (χ2v) is 7.48. The molecule has 0 unspecified atom stereocenters. The van der Waals surface area contributed by atoms with Gasteiger partial charge in [-0.2, -0.15) is 0 Å². The summed E-state index contributed by atoms with van der Waals surface area (Å²) in [6.45, 7) is 7.07. The van der Waals surface area contributed by atoms with Crippen LogP contribution in [0.2, 0.25) is 5.02 Å². The van der Waals surface area contributed by atoms with Crippen LogP contribution in [0.4, 0.5) is 4.39 Å². The standard InChI is InChI=1S/C21H25ClFN3O/c1-16-12-18(4-7-20(16)23)13-24-21(27)15-26-10-8-25(9-11-26)14-17-2-5-19(22)6-3-17/h2-7,12H,8-11,13-15H2,1H3,(H,24,27). The van der Waals surface area contributed by atoms with Crippen LogP contribution in [0.25, 0.3) is 0 Å². The minimum atomic E-state index is -0.221. The van der Waals surface area contributed by atoms with E-state index in [0.717, 1.165) is 43.3 Å². The number of aryl methyl sites for hydroxylation is 1. The summed E-state index contributed by atoms with van der Waals surface area (Å²) >= 11 is 5.93. The Bertz CT molecular complexity index is 773. The van der Waals surface area contributed by atoms with E-state index in [1.54, 1.807) is 19.1 Å². The van der Waals surface area contributed by atoms with E-state index in [0.29, 0.717) is 18.7 Å². The molecule has 1 amide bonds. The first kappa shape index (κ1) is 19.8. The maximum absolute atomic E-state index is 13.3. The molecular formula is C21H25ClFN3O. The van der Waals surface area contributed by atoms with Gasteiger partial charge in [-0.3, -0.25) is 14.6 Å². The Labute approximate surface area is 164 Å². The van der Waals surface area contributed by atoms with Crippen LogP contribution in [-0.2, 0) is 17.9 Å². The molecule has 0 spiro atoms. The highest BCUT2D eigenvalue weighted by Gasteiger charge is 2.19. The van der Waals surface area contributed by atoms with Gasteiger partial charge in [0.1, 0.15) is 5.82 Å². The van der Waals surface area contributed by atoms with Gasteiger partial charge in [0.25, 0.3) is 0 Å². The van der Waals surface area contributed by atoms with E-state index in [2.05, 4.69) is 27.2 Å². The van der Waals surface area contributed by atoms with Crippen LogP contribution >= 0.6 is 11.6 Å². The van der Waals surface area contributed by atoms with Crippen molar-refractivity contribution in [3.63, 3.8) is 0 Å². The Morgan fingerprint density at radius 2 is 1.67 bits per heavy atom. The molecule has 1 aliphatic rings. The van der Waals surface area contributed by atoms with Crippen molar-refractivity contribution in [2.24, 2.45) is 0 Å². The van der Waals surface area contributed by atoms with E-state index in [1.165, 1.54) is 11.6 Å². The number of rotatable bonds is 6. The van der Waals surface area contributed by atoms with Crippen LogP contribution in [0.5, 0.6) is 0 Å². The highest BCUT2D eigenvalue weighted by Crippen LogP contribution is 2.13. The molecule has 0 saturated carbocycles. The summed E-state index contributed by atoms with van der Waals surface area (Å²) in [4.78, 5) is 16.7. The molecule has 0 atom stereocenters. The van der Waals surface area contributed by atoms with Crippen molar-refractivity contribution in [3.8, 4) is 0 Å². The fraction of sp³-hybridized carbons (Fsp3) is 0.381. The number of nitrogens with zero attached hydrogens (tertiary/aromatic N) is 2. The summed E-state index contributed by atoms with van der Waals surface area (Å²) in [7, 11) is 0. The second kappa shape index (κ2) is 9.31. The maximum atomic E-state index is 13.3. The number of halogens is 2. The molecule has 0 radical (unpaired) electrons. The molecule has 144 valence electrons. The van der Waals surface area contributed by atoms with Crippen LogP contribution < -0.4 is 5.32 Å². The zero-order valence-corrected chi connectivity index (χ0v) is 16.3. The lowest BCUT2D eigenvalue weighted by atomic mass is 10.1. The molecule has 1 aliphatic heterocycles. The largest absolute Gasteiger partial charge is 0.351 e. The molecule has 0 aliphatic carbocycles. The number of amides is 1. The third-order valence-electron chi connectivity index (χ3n) is 4.86. The summed E-state index contributed by atoms with van der Waals surface area (Å²) in [6.07, 6.45) is 0. The third kappa shape index (κ3) is 6.03. The average Bonchev–Trinajstić information content (AvgIpc) is 2.66. The van der Waals surface area contributed by atoms with Gasteiger partial charge in [0.15, 0.2) is 0 Å². The number of carbonyl (C=O) groups excluding carboxylic acids is 1. The van der Waals surface area contributed by atoms with Gasteiger partial charge in [0.2, 0.25) is 5.91 Å². The van der Waals surface area contributed by atoms with Crippen molar-refractivity contribution < 1.29 is 9.18 Å². The van der Waals surface area contributed by atoms with E-state index >= 15 is 0 Å². The highest BCUT2D eigenvalue weighted by atomic mass is 35.5. The maximum Gasteiger partial charge on any atom is 0.234 e. The monoisotopic (exact) mass is 389 g/mol. The third-order valence-corrected chi connectivity index (χ3v) is 5.12. The van der Waals surface area contributed by atoms with E-state index in [1.807, 2.05) is 12.1 Å². The van der Waals surface area contributed by atoms with Gasteiger partial charge >= 0.3 is 0 Å². The molecular weight excluding hydrogens is 365 g/mol. The summed E-state index contributed by atoms with van der Waals surface area (Å²) in [5.41, 5.74) is 2.76. The summed E-state index contributed by atoms with van der Waals surface area (Å²) in [5.74, 6) is -0.218. The van der Waals surface area contributed by atoms with Gasteiger partial charge in [-0.1, -0.05) is 35.9 Å². The summed E-state index contributed by atoms with van der Waals surface area (Å²) in [6, 6.07) is 12.9. The number of hydrogen-bond donors (Lipinski definition) is 1. The molecule has 0 bridgehead atoms. The minimum Gasteiger partial charge on any atom is -0.351 e. The Kier molecular flexibility index (Phi) is 6.83. The van der Waals surface area contributed by atoms with Gasteiger partial charge in [-0.15, -0.1) is 0 Å². The topological polar surface area (TPSA) is 35.6 Å². The molecule has 1 saturated heterocycles. The number of nitrogens with one attached hydrogen (secondary N) is 1. The lowest BCUT2D eigenvalue weighted by Crippen LogP contribution is -2.49. The molecule has 0 aromatic heterocycles. The molecule has 1 N–H and O–H groups in total. The number of benzene rings is 2. The number of carbonyl (C=O) groups is 1. The predicted octanol–water partition coefficient (Wildman–Crippen LogP) is 3.22. The van der Waals surface area contributed by atoms with E-state index in [4.69, 9.17) is 11.6 Å². The van der Waals surface area contributed by atoms with E-state index in [9.17, 15) is 9.18 Å². The number of hydrogen-bond acceptors (Lipinski definition) is 3. The normalized spacial score (nSPS) is 15.7. The van der Waals surface area contributed by atoms with Crippen molar-refractivity contribution in [2.45, 2.75) is 20.0 Å². The van der Waals surface area contributed by atoms with Crippen LogP contribution in [0.3, 0.4) is 0 Å². The molecule has 27 heavy (non-hydrogen) atoms. The van der Waals surface area contributed by atoms with Gasteiger partial charge in [0.05, 0.1) is 6.54 Å². The van der Waals surface area contributed by atoms with Crippen molar-refractivity contribution >= 4 is 17.5 Å². The molecule has 1 fully saturated rings. The Balaban J connectivity index is 1.38. The molecule has 4 nitrogen and oxygen atoms in total. The van der Waals surface area contributed by atoms with Gasteiger partial charge in [-0.25, -0.2) is 4.39 Å². The van der Waals surface area contributed by atoms with Gasteiger partial charge in [-0.05, 0) is 41.8 Å². The van der Waals surface area contributed by atoms with Crippen LogP contribution in [0.15, 0.2) is 42.5 Å². The molecule has 6 heteroatoms. The smallest absolute Gasteiger partial charge is 0.234 e. The first-order valence-corrected chi connectivity index (χ1v) is 9.58. The first-order chi connectivity index (χ1) is 13.0. The molecule has 2 aromatic carbocycles. The average molecular weight is 390 g/mol. The zero-order chi connectivity index (χ0) is 19.2. The van der Waals surface area contributed by atoms with Crippen LogP contribution in [0, 0.1) is 12.7 Å². The quantitative estimate of drug-likeness (QED) is 0.824. The van der Waals surface area contributed by atoms with Crippen LogP contribution in [0.1, 0.15) is 16.7 Å². The summed E-state index contributed by atoms with van der Waals surface area (Å²) < 4.78 is 13.3. The molecule has 3 rings (SSSR count). The Morgan fingerprint density at radius 1 is 1.04 bits per heavy atom. The zero-order valence-electron chi connectivity index (χ0n) is 15.5. The Hall–Kier alpha value is -1.95. The van der Waals surface area contributed by atoms with E-state index < -0.39 is 0 Å². The molecule has 2 aromatic rings. The van der Waals surface area contributed by atoms with E-state index in [-0.39, 0.29) is 11.7 Å². The van der Waals surface area contributed by atoms with Crippen LogP contribution in [-0.4, -0.2) is 48.4 Å². The van der Waals surface area contributed by atoms with Crippen molar-refractivity contribution in [2.75, 3.05) is 32.7 Å². The number of piperazine rings is 1. The fourth-order valence-corrected chi connectivity index (χ4v) is 3.36. The first-order valence-electron chi connectivity index (χ1n) is 9.20. The minimum absolute atomic E-state index is 0.00290. The predicted molar refractivity (Wildman–Crippen MR) is 106 cm³/mol. The Morgan fingerprint density at radius 3 is 2.33 bits per heavy atom. The van der Waals surface area contributed by atoms with Crippen molar-refractivity contribution in [1.82, 2.24) is 15.1 Å². The SMILES string of the molecule is Cc1cc(CNC(=O)CN2CCN(Cc3ccc(Cl)cc3)CC2)ccc1F. The molecule has 1 heterocycles. The van der Waals surface area contributed by atoms with Crippen molar-refractivity contribution in [1.29, 1.82) is 0 Å². The highest BCUT2D eigenvalue weighted by molar-refractivity contribution is 6.30.